The van der Waals surface area contributed by atoms with E-state index >= 15 is 0 Å². The van der Waals surface area contributed by atoms with E-state index in [4.69, 9.17) is 5.73 Å². The van der Waals surface area contributed by atoms with Crippen molar-refractivity contribution in [2.75, 3.05) is 26.7 Å². The van der Waals surface area contributed by atoms with Gasteiger partial charge in [-0.3, -0.25) is 9.59 Å². The van der Waals surface area contributed by atoms with Crippen LogP contribution >= 0.6 is 39.7 Å². The van der Waals surface area contributed by atoms with E-state index in [0.29, 0.717) is 18.0 Å². The normalized spacial score (nSPS) is 15.5. The molecule has 21 heavy (non-hydrogen) atoms. The molecule has 0 spiro atoms. The fraction of sp³-hybridized carbons (Fsp3) is 0.538. The standard InChI is InChI=1S/C13H18BrN3O2S.ClH/c1-16(13(19)10-2-3-11(14)20-10)8-12(18)17-6-4-9(15)5-7-17;/h2-3,9H,4-8,15H2,1H3;1H. The SMILES string of the molecule is CN(CC(=O)N1CCC(N)CC1)C(=O)c1ccc(Br)s1.Cl. The number of hydrogen-bond donors (Lipinski definition) is 1. The molecule has 0 unspecified atom stereocenters. The van der Waals surface area contributed by atoms with Crippen molar-refractivity contribution < 1.29 is 9.59 Å². The Kier molecular flexibility index (Phi) is 7.12. The summed E-state index contributed by atoms with van der Waals surface area (Å²) < 4.78 is 0.908. The Hall–Kier alpha value is -0.630. The van der Waals surface area contributed by atoms with Gasteiger partial charge in [0.1, 0.15) is 0 Å². The van der Waals surface area contributed by atoms with Crippen LogP contribution in [0.5, 0.6) is 0 Å². The molecule has 1 saturated heterocycles. The zero-order chi connectivity index (χ0) is 14.7. The van der Waals surface area contributed by atoms with E-state index in [0.717, 1.165) is 16.6 Å². The fourth-order valence-electron chi connectivity index (χ4n) is 2.14. The van der Waals surface area contributed by atoms with Crippen LogP contribution in [0.1, 0.15) is 22.5 Å². The molecular formula is C13H19BrClN3O2S. The van der Waals surface area contributed by atoms with Crippen molar-refractivity contribution in [2.24, 2.45) is 5.73 Å². The minimum Gasteiger partial charge on any atom is -0.341 e. The van der Waals surface area contributed by atoms with Gasteiger partial charge in [0.15, 0.2) is 0 Å². The predicted octanol–water partition coefficient (Wildman–Crippen LogP) is 1.95. The maximum Gasteiger partial charge on any atom is 0.264 e. The van der Waals surface area contributed by atoms with Crippen LogP contribution in [0.25, 0.3) is 0 Å². The van der Waals surface area contributed by atoms with Crippen molar-refractivity contribution in [1.29, 1.82) is 0 Å². The summed E-state index contributed by atoms with van der Waals surface area (Å²) >= 11 is 4.70. The molecule has 0 atom stereocenters. The quantitative estimate of drug-likeness (QED) is 0.849. The molecule has 5 nitrogen and oxygen atoms in total. The van der Waals surface area contributed by atoms with Gasteiger partial charge >= 0.3 is 0 Å². The van der Waals surface area contributed by atoms with Gasteiger partial charge in [0, 0.05) is 26.2 Å². The molecule has 2 N–H and O–H groups in total. The molecule has 1 aliphatic heterocycles. The van der Waals surface area contributed by atoms with Gasteiger partial charge in [-0.1, -0.05) is 0 Å². The molecule has 118 valence electrons. The summed E-state index contributed by atoms with van der Waals surface area (Å²) in [5, 5.41) is 0. The van der Waals surface area contributed by atoms with E-state index < -0.39 is 0 Å². The zero-order valence-electron chi connectivity index (χ0n) is 11.8. The summed E-state index contributed by atoms with van der Waals surface area (Å²) in [5.41, 5.74) is 5.82. The summed E-state index contributed by atoms with van der Waals surface area (Å²) in [7, 11) is 1.66. The lowest BCUT2D eigenvalue weighted by atomic mass is 10.1. The lowest BCUT2D eigenvalue weighted by Crippen LogP contribution is -2.47. The van der Waals surface area contributed by atoms with Crippen LogP contribution in [0.15, 0.2) is 15.9 Å². The molecule has 2 rings (SSSR count). The van der Waals surface area contributed by atoms with Gasteiger partial charge in [-0.2, -0.15) is 0 Å². The summed E-state index contributed by atoms with van der Waals surface area (Å²) in [6.07, 6.45) is 1.67. The Morgan fingerprint density at radius 2 is 2.05 bits per heavy atom. The highest BCUT2D eigenvalue weighted by molar-refractivity contribution is 9.11. The second-order valence-electron chi connectivity index (χ2n) is 4.98. The van der Waals surface area contributed by atoms with E-state index in [1.807, 2.05) is 6.07 Å². The molecule has 1 aromatic heterocycles. The monoisotopic (exact) mass is 395 g/mol. The van der Waals surface area contributed by atoms with Crippen LogP contribution in [0.2, 0.25) is 0 Å². The van der Waals surface area contributed by atoms with Crippen LogP contribution in [0.3, 0.4) is 0 Å². The molecule has 1 aliphatic rings. The molecule has 1 aromatic rings. The summed E-state index contributed by atoms with van der Waals surface area (Å²) in [6, 6.07) is 3.79. The lowest BCUT2D eigenvalue weighted by molar-refractivity contribution is -0.132. The molecule has 0 aromatic carbocycles. The Morgan fingerprint density at radius 1 is 1.43 bits per heavy atom. The van der Waals surface area contributed by atoms with Gasteiger partial charge in [0.25, 0.3) is 5.91 Å². The van der Waals surface area contributed by atoms with Crippen molar-refractivity contribution in [2.45, 2.75) is 18.9 Å². The first-order valence-corrected chi connectivity index (χ1v) is 8.12. The number of piperidine rings is 1. The van der Waals surface area contributed by atoms with Crippen LogP contribution in [-0.2, 0) is 4.79 Å². The minimum atomic E-state index is -0.122. The fourth-order valence-corrected chi connectivity index (χ4v) is 3.52. The average Bonchev–Trinajstić information content (AvgIpc) is 2.85. The predicted molar refractivity (Wildman–Crippen MR) is 90.0 cm³/mol. The first kappa shape index (κ1) is 18.4. The van der Waals surface area contributed by atoms with E-state index in [1.54, 1.807) is 18.0 Å². The van der Waals surface area contributed by atoms with Crippen LogP contribution < -0.4 is 5.73 Å². The highest BCUT2D eigenvalue weighted by atomic mass is 79.9. The molecule has 0 aliphatic carbocycles. The summed E-state index contributed by atoms with van der Waals surface area (Å²) in [4.78, 5) is 28.2. The van der Waals surface area contributed by atoms with Gasteiger partial charge in [0.2, 0.25) is 5.91 Å². The number of rotatable bonds is 3. The maximum absolute atomic E-state index is 12.2. The second kappa shape index (κ2) is 8.12. The molecule has 0 radical (unpaired) electrons. The molecule has 8 heteroatoms. The van der Waals surface area contributed by atoms with E-state index in [-0.39, 0.29) is 36.8 Å². The third-order valence-electron chi connectivity index (χ3n) is 3.40. The smallest absolute Gasteiger partial charge is 0.264 e. The second-order valence-corrected chi connectivity index (χ2v) is 7.45. The van der Waals surface area contributed by atoms with Crippen LogP contribution in [0.4, 0.5) is 0 Å². The number of carbonyl (C=O) groups excluding carboxylic acids is 2. The van der Waals surface area contributed by atoms with Gasteiger partial charge < -0.3 is 15.5 Å². The zero-order valence-corrected chi connectivity index (χ0v) is 15.0. The maximum atomic E-state index is 12.2. The molecule has 2 heterocycles. The average molecular weight is 397 g/mol. The van der Waals surface area contributed by atoms with Gasteiger partial charge in [-0.25, -0.2) is 0 Å². The number of halogens is 2. The van der Waals surface area contributed by atoms with E-state index in [2.05, 4.69) is 15.9 Å². The van der Waals surface area contributed by atoms with E-state index in [9.17, 15) is 9.59 Å². The Balaban J connectivity index is 0.00000220. The van der Waals surface area contributed by atoms with Gasteiger partial charge in [0.05, 0.1) is 15.2 Å². The van der Waals surface area contributed by atoms with E-state index in [1.165, 1.54) is 16.2 Å². The van der Waals surface area contributed by atoms with Gasteiger partial charge in [-0.15, -0.1) is 23.7 Å². The summed E-state index contributed by atoms with van der Waals surface area (Å²) in [6.45, 7) is 1.49. The number of nitrogens with zero attached hydrogens (tertiary/aromatic N) is 2. The molecular weight excluding hydrogens is 378 g/mol. The Morgan fingerprint density at radius 3 is 2.57 bits per heavy atom. The highest BCUT2D eigenvalue weighted by Gasteiger charge is 2.23. The number of thiophene rings is 1. The summed E-state index contributed by atoms with van der Waals surface area (Å²) in [5.74, 6) is -0.133. The lowest BCUT2D eigenvalue weighted by Gasteiger charge is -2.31. The topological polar surface area (TPSA) is 66.6 Å². The number of amides is 2. The van der Waals surface area contributed by atoms with Gasteiger partial charge in [-0.05, 0) is 40.9 Å². The molecule has 2 amide bonds. The van der Waals surface area contributed by atoms with Crippen molar-refractivity contribution in [3.05, 3.63) is 20.8 Å². The largest absolute Gasteiger partial charge is 0.341 e. The van der Waals surface area contributed by atoms with Crippen molar-refractivity contribution >= 4 is 51.5 Å². The van der Waals surface area contributed by atoms with Crippen molar-refractivity contribution in [1.82, 2.24) is 9.80 Å². The van der Waals surface area contributed by atoms with Crippen molar-refractivity contribution in [3.63, 3.8) is 0 Å². The molecule has 0 bridgehead atoms. The van der Waals surface area contributed by atoms with Crippen molar-refractivity contribution in [3.8, 4) is 0 Å². The number of likely N-dealkylation sites (N-methyl/N-ethyl adjacent to an activating group) is 1. The molecule has 0 saturated carbocycles. The number of carbonyl (C=O) groups is 2. The Labute approximate surface area is 143 Å². The Bertz CT molecular complexity index is 503. The van der Waals surface area contributed by atoms with Crippen LogP contribution in [0, 0.1) is 0 Å². The first-order chi connectivity index (χ1) is 9.47. The number of nitrogens with two attached hydrogens (primary N) is 1. The highest BCUT2D eigenvalue weighted by Crippen LogP contribution is 2.23. The van der Waals surface area contributed by atoms with Crippen LogP contribution in [-0.4, -0.2) is 54.3 Å². The molecule has 1 fully saturated rings. The third-order valence-corrected chi connectivity index (χ3v) is 5.01. The third kappa shape index (κ3) is 4.95. The number of likely N-dealkylation sites (tertiary alicyclic amines) is 1. The first-order valence-electron chi connectivity index (χ1n) is 6.51. The number of hydrogen-bond acceptors (Lipinski definition) is 4. The minimum absolute atomic E-state index is 0.